The van der Waals surface area contributed by atoms with Crippen molar-refractivity contribution < 1.29 is 4.74 Å². The number of halogens is 1. The number of benzene rings is 2. The summed E-state index contributed by atoms with van der Waals surface area (Å²) >= 11 is 6.61. The lowest BCUT2D eigenvalue weighted by atomic mass is 9.98. The van der Waals surface area contributed by atoms with Gasteiger partial charge in [-0.25, -0.2) is 9.97 Å². The lowest BCUT2D eigenvalue weighted by Gasteiger charge is -2.38. The predicted octanol–water partition coefficient (Wildman–Crippen LogP) is 5.47. The highest BCUT2D eigenvalue weighted by atomic mass is 35.5. The van der Waals surface area contributed by atoms with Gasteiger partial charge in [-0.15, -0.1) is 0 Å². The van der Waals surface area contributed by atoms with E-state index in [0.29, 0.717) is 5.02 Å². The molecule has 6 nitrogen and oxygen atoms in total. The third-order valence-electron chi connectivity index (χ3n) is 7.18. The Hall–Kier alpha value is -3.09. The molecule has 0 radical (unpaired) electrons. The molecule has 1 saturated heterocycles. The Kier molecular flexibility index (Phi) is 5.66. The zero-order valence-corrected chi connectivity index (χ0v) is 21.2. The molecule has 4 heterocycles. The van der Waals surface area contributed by atoms with Gasteiger partial charge in [-0.3, -0.25) is 0 Å². The second-order valence-corrected chi connectivity index (χ2v) is 10.2. The number of fused-ring (bicyclic) bond motifs is 2. The highest BCUT2D eigenvalue weighted by Crippen LogP contribution is 2.34. The van der Waals surface area contributed by atoms with E-state index in [9.17, 15) is 0 Å². The van der Waals surface area contributed by atoms with Crippen LogP contribution in [0.1, 0.15) is 25.0 Å². The monoisotopic (exact) mass is 487 g/mol. The van der Waals surface area contributed by atoms with Crippen LogP contribution in [0, 0.1) is 0 Å². The van der Waals surface area contributed by atoms with Crippen LogP contribution in [-0.4, -0.2) is 46.4 Å². The Morgan fingerprint density at radius 2 is 1.77 bits per heavy atom. The number of rotatable bonds is 3. The molecule has 2 aliphatic rings. The Morgan fingerprint density at radius 3 is 2.57 bits per heavy atom. The molecule has 0 saturated carbocycles. The molecule has 1 fully saturated rings. The molecule has 0 unspecified atom stereocenters. The SMILES string of the molecule is C[C@@H]1CN(c2ccc3c(c2)CCN(c2cc(-c4nc5ccccc5n4C)c(Cl)cn2)C3)C[C@H](C)O1. The van der Waals surface area contributed by atoms with Gasteiger partial charge in [-0.05, 0) is 61.7 Å². The average molecular weight is 488 g/mol. The molecule has 0 aliphatic carbocycles. The molecular formula is C28H30ClN5O. The maximum absolute atomic E-state index is 6.61. The van der Waals surface area contributed by atoms with Gasteiger partial charge < -0.3 is 19.1 Å². The average Bonchev–Trinajstić information content (AvgIpc) is 3.19. The smallest absolute Gasteiger partial charge is 0.142 e. The number of pyridine rings is 1. The van der Waals surface area contributed by atoms with Crippen LogP contribution in [0.25, 0.3) is 22.4 Å². The van der Waals surface area contributed by atoms with E-state index >= 15 is 0 Å². The standard InChI is InChI=1S/C28H30ClN5O/c1-18-15-34(16-19(2)35-18)22-9-8-21-17-33(11-10-20(21)12-22)27-13-23(24(29)14-30-27)28-31-25-6-4-5-7-26(25)32(28)3/h4-9,12-14,18-19H,10-11,15-17H2,1-3H3/t18-,19+. The van der Waals surface area contributed by atoms with E-state index in [0.717, 1.165) is 60.8 Å². The van der Waals surface area contributed by atoms with Crippen molar-refractivity contribution in [2.24, 2.45) is 7.05 Å². The fourth-order valence-electron chi connectivity index (χ4n) is 5.48. The van der Waals surface area contributed by atoms with Crippen LogP contribution in [0.5, 0.6) is 0 Å². The summed E-state index contributed by atoms with van der Waals surface area (Å²) in [7, 11) is 2.03. The second kappa shape index (κ2) is 8.85. The van der Waals surface area contributed by atoms with Crippen molar-refractivity contribution in [2.75, 3.05) is 29.4 Å². The van der Waals surface area contributed by atoms with Crippen molar-refractivity contribution in [3.05, 3.63) is 70.9 Å². The summed E-state index contributed by atoms with van der Waals surface area (Å²) in [5.41, 5.74) is 7.04. The summed E-state index contributed by atoms with van der Waals surface area (Å²) in [5.74, 6) is 1.79. The maximum atomic E-state index is 6.61. The van der Waals surface area contributed by atoms with E-state index in [1.54, 1.807) is 6.20 Å². The summed E-state index contributed by atoms with van der Waals surface area (Å²) in [6.07, 6.45) is 3.26. The number of nitrogens with zero attached hydrogens (tertiary/aromatic N) is 5. The van der Waals surface area contributed by atoms with E-state index in [1.165, 1.54) is 16.8 Å². The Labute approximate surface area is 211 Å². The molecule has 0 N–H and O–H groups in total. The van der Waals surface area contributed by atoms with Gasteiger partial charge in [-0.2, -0.15) is 0 Å². The number of hydrogen-bond donors (Lipinski definition) is 0. The lowest BCUT2D eigenvalue weighted by Crippen LogP contribution is -2.45. The van der Waals surface area contributed by atoms with Gasteiger partial charge in [-0.1, -0.05) is 29.8 Å². The number of imidazole rings is 1. The van der Waals surface area contributed by atoms with Gasteiger partial charge in [0.25, 0.3) is 0 Å². The lowest BCUT2D eigenvalue weighted by molar-refractivity contribution is -0.00522. The van der Waals surface area contributed by atoms with E-state index < -0.39 is 0 Å². The van der Waals surface area contributed by atoms with Crippen LogP contribution in [0.4, 0.5) is 11.5 Å². The van der Waals surface area contributed by atoms with E-state index in [2.05, 4.69) is 63.5 Å². The number of morpholine rings is 1. The van der Waals surface area contributed by atoms with Crippen LogP contribution >= 0.6 is 11.6 Å². The summed E-state index contributed by atoms with van der Waals surface area (Å²) in [6, 6.07) is 17.1. The fraction of sp³-hybridized carbons (Fsp3) is 0.357. The predicted molar refractivity (Wildman–Crippen MR) is 142 cm³/mol. The number of ether oxygens (including phenoxy) is 1. The van der Waals surface area contributed by atoms with Crippen LogP contribution in [0.2, 0.25) is 5.02 Å². The number of hydrogen-bond acceptors (Lipinski definition) is 5. The molecule has 0 amide bonds. The number of anilines is 2. The highest BCUT2D eigenvalue weighted by Gasteiger charge is 2.25. The Balaban J connectivity index is 1.27. The first-order chi connectivity index (χ1) is 17.0. The zero-order chi connectivity index (χ0) is 24.1. The quantitative estimate of drug-likeness (QED) is 0.383. The largest absolute Gasteiger partial charge is 0.372 e. The van der Waals surface area contributed by atoms with Gasteiger partial charge in [0, 0.05) is 50.7 Å². The first-order valence-electron chi connectivity index (χ1n) is 12.3. The maximum Gasteiger partial charge on any atom is 0.142 e. The molecule has 0 bridgehead atoms. The summed E-state index contributed by atoms with van der Waals surface area (Å²) in [6.45, 7) is 7.94. The minimum atomic E-state index is 0.256. The van der Waals surface area contributed by atoms with Gasteiger partial charge in [0.15, 0.2) is 0 Å². The summed E-state index contributed by atoms with van der Waals surface area (Å²) in [4.78, 5) is 14.3. The summed E-state index contributed by atoms with van der Waals surface area (Å²) < 4.78 is 8.02. The first kappa shape index (κ1) is 22.4. The van der Waals surface area contributed by atoms with E-state index in [4.69, 9.17) is 21.3 Å². The van der Waals surface area contributed by atoms with Crippen molar-refractivity contribution in [3.63, 3.8) is 0 Å². The molecule has 2 aliphatic heterocycles. The molecule has 6 rings (SSSR count). The van der Waals surface area contributed by atoms with E-state index in [-0.39, 0.29) is 12.2 Å². The van der Waals surface area contributed by atoms with E-state index in [1.807, 2.05) is 25.2 Å². The van der Waals surface area contributed by atoms with Crippen molar-refractivity contribution in [1.29, 1.82) is 0 Å². The highest BCUT2D eigenvalue weighted by molar-refractivity contribution is 6.33. The van der Waals surface area contributed by atoms with Crippen LogP contribution in [0.15, 0.2) is 54.7 Å². The number of aromatic nitrogens is 3. The molecule has 2 aromatic heterocycles. The Morgan fingerprint density at radius 1 is 0.971 bits per heavy atom. The first-order valence-corrected chi connectivity index (χ1v) is 12.7. The van der Waals surface area contributed by atoms with Crippen LogP contribution in [-0.2, 0) is 24.8 Å². The fourth-order valence-corrected chi connectivity index (χ4v) is 5.67. The van der Waals surface area contributed by atoms with Crippen molar-refractivity contribution in [1.82, 2.24) is 14.5 Å². The second-order valence-electron chi connectivity index (χ2n) is 9.79. The van der Waals surface area contributed by atoms with Crippen LogP contribution in [0.3, 0.4) is 0 Å². The normalized spacial score (nSPS) is 20.3. The van der Waals surface area contributed by atoms with Gasteiger partial charge in [0.1, 0.15) is 11.6 Å². The minimum Gasteiger partial charge on any atom is -0.372 e. The molecule has 0 spiro atoms. The zero-order valence-electron chi connectivity index (χ0n) is 20.4. The Bertz CT molecular complexity index is 1390. The number of para-hydroxylation sites is 2. The van der Waals surface area contributed by atoms with Crippen molar-refractivity contribution >= 4 is 34.1 Å². The van der Waals surface area contributed by atoms with Crippen molar-refractivity contribution in [2.45, 2.75) is 39.0 Å². The minimum absolute atomic E-state index is 0.256. The van der Waals surface area contributed by atoms with Gasteiger partial charge in [0.05, 0.1) is 28.3 Å². The topological polar surface area (TPSA) is 46.4 Å². The molecule has 4 aromatic rings. The molecule has 7 heteroatoms. The molecule has 35 heavy (non-hydrogen) atoms. The third kappa shape index (κ3) is 4.15. The molecule has 180 valence electrons. The van der Waals surface area contributed by atoms with Gasteiger partial charge in [0.2, 0.25) is 0 Å². The summed E-state index contributed by atoms with van der Waals surface area (Å²) in [5, 5.41) is 0.614. The number of aryl methyl sites for hydroxylation is 1. The van der Waals surface area contributed by atoms with Crippen LogP contribution < -0.4 is 9.80 Å². The molecule has 2 atom stereocenters. The van der Waals surface area contributed by atoms with Crippen molar-refractivity contribution in [3.8, 4) is 11.4 Å². The molecular weight excluding hydrogens is 458 g/mol. The van der Waals surface area contributed by atoms with Gasteiger partial charge >= 0.3 is 0 Å². The third-order valence-corrected chi connectivity index (χ3v) is 7.48. The molecule has 2 aromatic carbocycles.